The van der Waals surface area contributed by atoms with Crippen molar-refractivity contribution in [2.45, 2.75) is 12.4 Å². The molecule has 0 atom stereocenters. The van der Waals surface area contributed by atoms with Gasteiger partial charge in [0.2, 0.25) is 0 Å². The molecule has 0 spiro atoms. The lowest BCUT2D eigenvalue weighted by Crippen LogP contribution is -2.15. The van der Waals surface area contributed by atoms with Crippen LogP contribution in [-0.4, -0.2) is 5.91 Å². The second-order valence-corrected chi connectivity index (χ2v) is 4.76. The Hall–Kier alpha value is -2.58. The molecule has 0 heterocycles. The van der Waals surface area contributed by atoms with Gasteiger partial charge in [0.25, 0.3) is 5.91 Å². The van der Waals surface area contributed by atoms with E-state index in [4.69, 9.17) is 0 Å². The topological polar surface area (TPSA) is 29.1 Å². The van der Waals surface area contributed by atoms with E-state index in [1.54, 1.807) is 0 Å². The largest absolute Gasteiger partial charge is 0.416 e. The number of rotatable bonds is 2. The van der Waals surface area contributed by atoms with Crippen LogP contribution in [0.1, 0.15) is 21.5 Å². The number of hydrogen-bond acceptors (Lipinski definition) is 1. The third-order valence-corrected chi connectivity index (χ3v) is 2.95. The van der Waals surface area contributed by atoms with E-state index >= 15 is 0 Å². The van der Waals surface area contributed by atoms with Gasteiger partial charge in [-0.25, -0.2) is 4.39 Å². The van der Waals surface area contributed by atoms with Gasteiger partial charge in [0, 0.05) is 11.3 Å². The maximum atomic E-state index is 12.8. The van der Waals surface area contributed by atoms with Crippen LogP contribution >= 0.6 is 0 Å². The van der Waals surface area contributed by atoms with Crippen molar-refractivity contribution in [3.8, 4) is 0 Å². The van der Waals surface area contributed by atoms with Gasteiger partial charge >= 0.3 is 12.4 Å². The quantitative estimate of drug-likeness (QED) is 0.748. The average molecular weight is 351 g/mol. The minimum Gasteiger partial charge on any atom is -0.322 e. The maximum absolute atomic E-state index is 12.8. The van der Waals surface area contributed by atoms with E-state index in [0.717, 1.165) is 24.3 Å². The van der Waals surface area contributed by atoms with Crippen molar-refractivity contribution in [3.05, 3.63) is 65.0 Å². The van der Waals surface area contributed by atoms with Crippen molar-refractivity contribution >= 4 is 11.6 Å². The molecule has 0 unspecified atom stereocenters. The highest BCUT2D eigenvalue weighted by Gasteiger charge is 2.37. The molecule has 0 fully saturated rings. The zero-order valence-corrected chi connectivity index (χ0v) is 11.6. The van der Waals surface area contributed by atoms with Crippen molar-refractivity contribution in [1.82, 2.24) is 0 Å². The van der Waals surface area contributed by atoms with Gasteiger partial charge in [-0.05, 0) is 42.5 Å². The SMILES string of the molecule is O=C(Nc1cc(C(F)(F)F)cc(C(F)(F)F)c1)c1ccc(F)cc1. The lowest BCUT2D eigenvalue weighted by atomic mass is 10.1. The highest BCUT2D eigenvalue weighted by atomic mass is 19.4. The molecule has 2 nitrogen and oxygen atoms in total. The fourth-order valence-electron chi connectivity index (χ4n) is 1.83. The third kappa shape index (κ3) is 4.24. The van der Waals surface area contributed by atoms with Crippen molar-refractivity contribution in [2.24, 2.45) is 0 Å². The van der Waals surface area contributed by atoms with Gasteiger partial charge in [-0.1, -0.05) is 0 Å². The molecular formula is C15H8F7NO. The number of anilines is 1. The van der Waals surface area contributed by atoms with Gasteiger partial charge in [-0.15, -0.1) is 0 Å². The summed E-state index contributed by atoms with van der Waals surface area (Å²) in [5, 5.41) is 1.94. The van der Waals surface area contributed by atoms with Gasteiger partial charge in [0.1, 0.15) is 5.82 Å². The van der Waals surface area contributed by atoms with Crippen molar-refractivity contribution in [2.75, 3.05) is 5.32 Å². The van der Waals surface area contributed by atoms with E-state index < -0.39 is 40.9 Å². The van der Waals surface area contributed by atoms with Crippen LogP contribution in [0, 0.1) is 5.82 Å². The Morgan fingerprint density at radius 3 is 1.67 bits per heavy atom. The highest BCUT2D eigenvalue weighted by molar-refractivity contribution is 6.04. The Morgan fingerprint density at radius 2 is 1.25 bits per heavy atom. The number of amides is 1. The van der Waals surface area contributed by atoms with Gasteiger partial charge in [0.05, 0.1) is 11.1 Å². The zero-order valence-electron chi connectivity index (χ0n) is 11.6. The van der Waals surface area contributed by atoms with Crippen LogP contribution in [0.5, 0.6) is 0 Å². The normalized spacial score (nSPS) is 12.1. The second-order valence-electron chi connectivity index (χ2n) is 4.76. The number of nitrogens with one attached hydrogen (secondary N) is 1. The maximum Gasteiger partial charge on any atom is 0.416 e. The number of halogens is 7. The van der Waals surface area contributed by atoms with Crippen LogP contribution in [0.4, 0.5) is 36.4 Å². The fraction of sp³-hybridized carbons (Fsp3) is 0.133. The molecule has 0 saturated carbocycles. The van der Waals surface area contributed by atoms with Crippen LogP contribution in [-0.2, 0) is 12.4 Å². The minimum atomic E-state index is -5.02. The van der Waals surface area contributed by atoms with Gasteiger partial charge < -0.3 is 5.32 Å². The standard InChI is InChI=1S/C15H8F7NO/c16-11-3-1-8(2-4-11)13(24)23-12-6-9(14(17,18)19)5-10(7-12)15(20,21)22/h1-7H,(H,23,24). The first-order valence-electron chi connectivity index (χ1n) is 6.33. The highest BCUT2D eigenvalue weighted by Crippen LogP contribution is 2.37. The van der Waals surface area contributed by atoms with Crippen molar-refractivity contribution in [3.63, 3.8) is 0 Å². The molecule has 0 aliphatic rings. The number of alkyl halides is 6. The molecule has 2 aromatic rings. The minimum absolute atomic E-state index is 0.0481. The molecule has 1 amide bonds. The average Bonchev–Trinajstić information content (AvgIpc) is 2.45. The molecule has 24 heavy (non-hydrogen) atoms. The van der Waals surface area contributed by atoms with Gasteiger partial charge in [0.15, 0.2) is 0 Å². The molecule has 0 aliphatic carbocycles. The molecule has 9 heteroatoms. The predicted octanol–water partition coefficient (Wildman–Crippen LogP) is 5.12. The molecule has 0 saturated heterocycles. The summed E-state index contributed by atoms with van der Waals surface area (Å²) >= 11 is 0. The first-order chi connectivity index (χ1) is 11.0. The van der Waals surface area contributed by atoms with Crippen molar-refractivity contribution in [1.29, 1.82) is 0 Å². The van der Waals surface area contributed by atoms with Crippen LogP contribution in [0.15, 0.2) is 42.5 Å². The Kier molecular flexibility index (Phi) is 4.54. The van der Waals surface area contributed by atoms with Crippen LogP contribution in [0.25, 0.3) is 0 Å². The fourth-order valence-corrected chi connectivity index (χ4v) is 1.83. The Balaban J connectivity index is 2.38. The van der Waals surface area contributed by atoms with E-state index in [1.807, 2.05) is 5.32 Å². The first-order valence-corrected chi connectivity index (χ1v) is 6.33. The summed E-state index contributed by atoms with van der Waals surface area (Å²) < 4.78 is 89.1. The van der Waals surface area contributed by atoms with Crippen molar-refractivity contribution < 1.29 is 35.5 Å². The Bertz CT molecular complexity index is 716. The molecule has 2 rings (SSSR count). The summed E-state index contributed by atoms with van der Waals surface area (Å²) in [4.78, 5) is 11.9. The smallest absolute Gasteiger partial charge is 0.322 e. The molecule has 0 bridgehead atoms. The monoisotopic (exact) mass is 351 g/mol. The van der Waals surface area contributed by atoms with E-state index in [2.05, 4.69) is 0 Å². The van der Waals surface area contributed by atoms with Crippen LogP contribution < -0.4 is 5.32 Å². The van der Waals surface area contributed by atoms with Crippen LogP contribution in [0.2, 0.25) is 0 Å². The first kappa shape index (κ1) is 17.8. The zero-order chi connectivity index (χ0) is 18.1. The van der Waals surface area contributed by atoms with E-state index in [9.17, 15) is 35.5 Å². The lowest BCUT2D eigenvalue weighted by molar-refractivity contribution is -0.143. The summed E-state index contributed by atoms with van der Waals surface area (Å²) in [6.07, 6.45) is -10.0. The molecular weight excluding hydrogens is 343 g/mol. The summed E-state index contributed by atoms with van der Waals surface area (Å²) in [5.74, 6) is -1.62. The Labute approximate surface area is 130 Å². The summed E-state index contributed by atoms with van der Waals surface area (Å²) in [6, 6.07) is 4.68. The van der Waals surface area contributed by atoms with E-state index in [0.29, 0.717) is 12.1 Å². The predicted molar refractivity (Wildman–Crippen MR) is 70.8 cm³/mol. The van der Waals surface area contributed by atoms with Gasteiger partial charge in [-0.3, -0.25) is 4.79 Å². The number of carbonyl (C=O) groups is 1. The lowest BCUT2D eigenvalue weighted by Gasteiger charge is -2.14. The summed E-state index contributed by atoms with van der Waals surface area (Å²) in [6.45, 7) is 0. The molecule has 2 aromatic carbocycles. The molecule has 128 valence electrons. The molecule has 1 N–H and O–H groups in total. The summed E-state index contributed by atoms with van der Waals surface area (Å²) in [5.41, 5.74) is -3.90. The van der Waals surface area contributed by atoms with Gasteiger partial charge in [-0.2, -0.15) is 26.3 Å². The number of benzene rings is 2. The molecule has 0 radical (unpaired) electrons. The van der Waals surface area contributed by atoms with E-state index in [-0.39, 0.29) is 11.6 Å². The molecule has 0 aromatic heterocycles. The Morgan fingerprint density at radius 1 is 0.792 bits per heavy atom. The number of hydrogen-bond donors (Lipinski definition) is 1. The third-order valence-electron chi connectivity index (χ3n) is 2.95. The second kappa shape index (κ2) is 6.14. The number of carbonyl (C=O) groups excluding carboxylic acids is 1. The van der Waals surface area contributed by atoms with E-state index in [1.165, 1.54) is 0 Å². The molecule has 0 aliphatic heterocycles. The summed E-state index contributed by atoms with van der Waals surface area (Å²) in [7, 11) is 0. The van der Waals surface area contributed by atoms with Crippen LogP contribution in [0.3, 0.4) is 0 Å².